The number of hydrogen-bond donors (Lipinski definition) is 1. The fourth-order valence-corrected chi connectivity index (χ4v) is 3.98. The van der Waals surface area contributed by atoms with E-state index in [1.165, 1.54) is 22.7 Å². The fraction of sp³-hybridized carbons (Fsp3) is 0.167. The van der Waals surface area contributed by atoms with Crippen LogP contribution in [0.15, 0.2) is 67.1 Å². The molecule has 5 aromatic rings. The summed E-state index contributed by atoms with van der Waals surface area (Å²) in [6, 6.07) is 12.7. The number of anilines is 1. The van der Waals surface area contributed by atoms with Crippen molar-refractivity contribution in [2.24, 2.45) is 5.92 Å². The molecule has 1 aromatic carbocycles. The Labute approximate surface area is 188 Å². The van der Waals surface area contributed by atoms with Crippen LogP contribution in [0.4, 0.5) is 14.7 Å². The van der Waals surface area contributed by atoms with Gasteiger partial charge in [-0.2, -0.15) is 10.1 Å². The van der Waals surface area contributed by atoms with Gasteiger partial charge in [-0.25, -0.2) is 18.3 Å². The van der Waals surface area contributed by atoms with Gasteiger partial charge in [0.05, 0.1) is 17.9 Å². The molecule has 7 nitrogen and oxygen atoms in total. The van der Waals surface area contributed by atoms with Crippen molar-refractivity contribution in [3.8, 4) is 22.5 Å². The number of fused-ring (bicyclic) bond motifs is 1. The summed E-state index contributed by atoms with van der Waals surface area (Å²) in [6.07, 6.45) is 5.24. The summed E-state index contributed by atoms with van der Waals surface area (Å²) in [5.74, 6) is -0.378. The van der Waals surface area contributed by atoms with Crippen LogP contribution in [-0.4, -0.2) is 29.4 Å². The van der Waals surface area contributed by atoms with Crippen LogP contribution in [0.5, 0.6) is 0 Å². The van der Waals surface area contributed by atoms with E-state index < -0.39 is 5.82 Å². The molecule has 0 aliphatic carbocycles. The molecule has 0 spiro atoms. The van der Waals surface area contributed by atoms with E-state index in [9.17, 15) is 8.78 Å². The van der Waals surface area contributed by atoms with Crippen LogP contribution < -0.4 is 5.73 Å². The summed E-state index contributed by atoms with van der Waals surface area (Å²) in [6.45, 7) is 4.16. The highest BCUT2D eigenvalue weighted by Gasteiger charge is 2.20. The minimum Gasteiger partial charge on any atom is -0.366 e. The Hall–Kier alpha value is -4.14. The topological polar surface area (TPSA) is 86.9 Å². The highest BCUT2D eigenvalue weighted by molar-refractivity contribution is 5.68. The van der Waals surface area contributed by atoms with Gasteiger partial charge < -0.3 is 5.73 Å². The summed E-state index contributed by atoms with van der Waals surface area (Å²) in [4.78, 5) is 8.69. The van der Waals surface area contributed by atoms with E-state index in [1.807, 2.05) is 10.9 Å². The number of nitrogens with zero attached hydrogens (tertiary/aromatic N) is 6. The fourth-order valence-electron chi connectivity index (χ4n) is 3.98. The van der Waals surface area contributed by atoms with Crippen LogP contribution in [0.1, 0.15) is 25.5 Å². The molecule has 0 amide bonds. The van der Waals surface area contributed by atoms with Crippen molar-refractivity contribution in [1.82, 2.24) is 29.4 Å². The molecule has 4 aromatic heterocycles. The molecule has 2 N–H and O–H groups in total. The zero-order valence-electron chi connectivity index (χ0n) is 18.0. The van der Waals surface area contributed by atoms with Crippen molar-refractivity contribution >= 4 is 11.6 Å². The lowest BCUT2D eigenvalue weighted by molar-refractivity contribution is 0.402. The van der Waals surface area contributed by atoms with Crippen LogP contribution in [0.25, 0.3) is 28.2 Å². The van der Waals surface area contributed by atoms with Gasteiger partial charge in [-0.3, -0.25) is 4.68 Å². The number of nitrogens with two attached hydrogens (primary N) is 1. The van der Waals surface area contributed by atoms with Crippen LogP contribution in [0.3, 0.4) is 0 Å². The molecule has 0 saturated heterocycles. The van der Waals surface area contributed by atoms with E-state index in [0.717, 1.165) is 11.1 Å². The number of hydrogen-bond acceptors (Lipinski definition) is 5. The van der Waals surface area contributed by atoms with Crippen molar-refractivity contribution in [1.29, 1.82) is 0 Å². The second-order valence-corrected chi connectivity index (χ2v) is 8.16. The van der Waals surface area contributed by atoms with Gasteiger partial charge in [0.25, 0.3) is 0 Å². The van der Waals surface area contributed by atoms with Crippen LogP contribution in [0, 0.1) is 17.6 Å². The Morgan fingerprint density at radius 2 is 1.73 bits per heavy atom. The Kier molecular flexibility index (Phi) is 5.08. The zero-order valence-corrected chi connectivity index (χ0v) is 18.0. The minimum absolute atomic E-state index is 0.0833. The molecule has 1 atom stereocenters. The zero-order chi connectivity index (χ0) is 23.1. The average molecular weight is 445 g/mol. The molecule has 0 aliphatic heterocycles. The first-order valence-corrected chi connectivity index (χ1v) is 10.5. The third-order valence-electron chi connectivity index (χ3n) is 5.50. The number of nitrogen functional groups attached to an aromatic ring is 1. The van der Waals surface area contributed by atoms with E-state index in [1.54, 1.807) is 42.7 Å². The molecule has 1 unspecified atom stereocenters. The Morgan fingerprint density at radius 1 is 0.939 bits per heavy atom. The molecule has 4 heterocycles. The molecule has 5 rings (SSSR count). The van der Waals surface area contributed by atoms with Crippen molar-refractivity contribution in [2.75, 3.05) is 5.73 Å². The summed E-state index contributed by atoms with van der Waals surface area (Å²) >= 11 is 0. The normalized spacial score (nSPS) is 12.5. The van der Waals surface area contributed by atoms with Gasteiger partial charge in [-0.1, -0.05) is 26.0 Å². The molecule has 0 bridgehead atoms. The van der Waals surface area contributed by atoms with Gasteiger partial charge in [0.2, 0.25) is 5.95 Å². The standard InChI is InChI=1S/C24H21F2N7/c1-14(2)23(15-3-5-18(25)6-4-15)33-13-17(12-28-33)20-8-7-19(26)22(29-20)16-9-10-32-21(11-16)30-24(27)31-32/h3-14,23H,1-2H3,(H2,27,31). The number of benzene rings is 1. The van der Waals surface area contributed by atoms with E-state index in [0.29, 0.717) is 16.9 Å². The average Bonchev–Trinajstić information content (AvgIpc) is 3.41. The molecule has 9 heteroatoms. The Balaban J connectivity index is 1.52. The van der Waals surface area contributed by atoms with Crippen molar-refractivity contribution in [3.63, 3.8) is 0 Å². The van der Waals surface area contributed by atoms with Crippen molar-refractivity contribution in [3.05, 3.63) is 84.3 Å². The molecule has 33 heavy (non-hydrogen) atoms. The lowest BCUT2D eigenvalue weighted by Gasteiger charge is -2.22. The quantitative estimate of drug-likeness (QED) is 0.421. The van der Waals surface area contributed by atoms with Gasteiger partial charge in [-0.15, -0.1) is 5.10 Å². The highest BCUT2D eigenvalue weighted by Crippen LogP contribution is 2.30. The summed E-state index contributed by atoms with van der Waals surface area (Å²) in [5, 5.41) is 8.57. The largest absolute Gasteiger partial charge is 0.366 e. The lowest BCUT2D eigenvalue weighted by Crippen LogP contribution is -2.17. The first kappa shape index (κ1) is 20.7. The monoisotopic (exact) mass is 445 g/mol. The number of pyridine rings is 2. The predicted molar refractivity (Wildman–Crippen MR) is 121 cm³/mol. The van der Waals surface area contributed by atoms with Gasteiger partial charge in [0, 0.05) is 23.5 Å². The van der Waals surface area contributed by atoms with Gasteiger partial charge in [0.1, 0.15) is 17.3 Å². The third-order valence-corrected chi connectivity index (χ3v) is 5.50. The summed E-state index contributed by atoms with van der Waals surface area (Å²) in [5.41, 5.74) is 9.19. The first-order valence-electron chi connectivity index (χ1n) is 10.5. The Morgan fingerprint density at radius 3 is 2.48 bits per heavy atom. The maximum atomic E-state index is 14.7. The molecule has 0 aliphatic rings. The van der Waals surface area contributed by atoms with Gasteiger partial charge in [-0.05, 0) is 47.9 Å². The number of halogens is 2. The molecular formula is C24H21F2N7. The summed E-state index contributed by atoms with van der Waals surface area (Å²) in [7, 11) is 0. The molecule has 166 valence electrons. The van der Waals surface area contributed by atoms with Crippen LogP contribution >= 0.6 is 0 Å². The van der Waals surface area contributed by atoms with Crippen LogP contribution in [-0.2, 0) is 0 Å². The molecule has 0 fully saturated rings. The van der Waals surface area contributed by atoms with E-state index in [4.69, 9.17) is 5.73 Å². The van der Waals surface area contributed by atoms with Crippen molar-refractivity contribution < 1.29 is 8.78 Å². The minimum atomic E-state index is -0.450. The Bertz CT molecular complexity index is 1440. The van der Waals surface area contributed by atoms with Crippen LogP contribution in [0.2, 0.25) is 0 Å². The lowest BCUT2D eigenvalue weighted by atomic mass is 9.96. The van der Waals surface area contributed by atoms with E-state index in [2.05, 4.69) is 34.0 Å². The van der Waals surface area contributed by atoms with Gasteiger partial charge in [0.15, 0.2) is 5.65 Å². The first-order chi connectivity index (χ1) is 15.9. The smallest absolute Gasteiger partial charge is 0.240 e. The maximum Gasteiger partial charge on any atom is 0.240 e. The highest BCUT2D eigenvalue weighted by atomic mass is 19.1. The molecular weight excluding hydrogens is 424 g/mol. The maximum absolute atomic E-state index is 14.7. The van der Waals surface area contributed by atoms with E-state index in [-0.39, 0.29) is 29.4 Å². The second kappa shape index (κ2) is 8.09. The van der Waals surface area contributed by atoms with Crippen molar-refractivity contribution in [2.45, 2.75) is 19.9 Å². The molecule has 0 radical (unpaired) electrons. The third kappa shape index (κ3) is 3.93. The number of aromatic nitrogens is 6. The second-order valence-electron chi connectivity index (χ2n) is 8.16. The van der Waals surface area contributed by atoms with Gasteiger partial charge >= 0.3 is 0 Å². The summed E-state index contributed by atoms with van der Waals surface area (Å²) < 4.78 is 31.4. The molecule has 0 saturated carbocycles. The van der Waals surface area contributed by atoms with E-state index >= 15 is 0 Å². The SMILES string of the molecule is CC(C)C(c1ccc(F)cc1)n1cc(-c2ccc(F)c(-c3ccn4nc(N)nc4c3)n2)cn1. The number of rotatable bonds is 5. The predicted octanol–water partition coefficient (Wildman–Crippen LogP) is 4.76.